The highest BCUT2D eigenvalue weighted by molar-refractivity contribution is 5.78. The van der Waals surface area contributed by atoms with Gasteiger partial charge in [-0.1, -0.05) is 12.1 Å². The first-order valence-electron chi connectivity index (χ1n) is 9.11. The minimum absolute atomic E-state index is 0.264. The zero-order chi connectivity index (χ0) is 18.1. The van der Waals surface area contributed by atoms with E-state index in [1.807, 2.05) is 37.3 Å². The van der Waals surface area contributed by atoms with Gasteiger partial charge in [-0.05, 0) is 37.5 Å². The van der Waals surface area contributed by atoms with Crippen LogP contribution in [-0.2, 0) is 11.2 Å². The van der Waals surface area contributed by atoms with Crippen LogP contribution in [0.4, 0.5) is 5.82 Å². The summed E-state index contributed by atoms with van der Waals surface area (Å²) in [4.78, 5) is 25.6. The fourth-order valence-corrected chi connectivity index (χ4v) is 3.99. The van der Waals surface area contributed by atoms with Gasteiger partial charge in [-0.15, -0.1) is 0 Å². The average Bonchev–Trinajstić information content (AvgIpc) is 2.67. The highest BCUT2D eigenvalue weighted by atomic mass is 16.5. The van der Waals surface area contributed by atoms with Gasteiger partial charge >= 0.3 is 0 Å². The SMILES string of the molecule is COc1ccc(CCC(=O)N2C3CC2CN(c2cc(C)ncn2)C3)cc1. The number of amides is 1. The Hall–Kier alpha value is -2.63. The van der Waals surface area contributed by atoms with Crippen molar-refractivity contribution in [1.29, 1.82) is 0 Å². The van der Waals surface area contributed by atoms with Crippen LogP contribution >= 0.6 is 0 Å². The number of ether oxygens (including phenoxy) is 1. The van der Waals surface area contributed by atoms with E-state index < -0.39 is 0 Å². The zero-order valence-corrected chi connectivity index (χ0v) is 15.3. The number of hydrogen-bond donors (Lipinski definition) is 0. The van der Waals surface area contributed by atoms with Crippen LogP contribution in [0.5, 0.6) is 5.75 Å². The Labute approximate surface area is 153 Å². The number of piperazine rings is 1. The van der Waals surface area contributed by atoms with Gasteiger partial charge in [-0.3, -0.25) is 4.79 Å². The smallest absolute Gasteiger partial charge is 0.223 e. The Morgan fingerprint density at radius 2 is 1.92 bits per heavy atom. The summed E-state index contributed by atoms with van der Waals surface area (Å²) in [5.41, 5.74) is 2.14. The largest absolute Gasteiger partial charge is 0.497 e. The zero-order valence-electron chi connectivity index (χ0n) is 15.3. The van der Waals surface area contributed by atoms with Crippen molar-refractivity contribution in [3.8, 4) is 5.75 Å². The van der Waals surface area contributed by atoms with Crippen molar-refractivity contribution in [2.24, 2.45) is 0 Å². The van der Waals surface area contributed by atoms with Gasteiger partial charge in [0.2, 0.25) is 5.91 Å². The molecule has 6 nitrogen and oxygen atoms in total. The second-order valence-electron chi connectivity index (χ2n) is 7.12. The molecule has 3 saturated heterocycles. The third kappa shape index (κ3) is 3.23. The van der Waals surface area contributed by atoms with Crippen LogP contribution in [0.1, 0.15) is 24.1 Å². The number of hydrogen-bond acceptors (Lipinski definition) is 5. The Balaban J connectivity index is 1.33. The lowest BCUT2D eigenvalue weighted by molar-refractivity contribution is -0.146. The van der Waals surface area contributed by atoms with Crippen molar-refractivity contribution in [3.05, 3.63) is 47.9 Å². The Morgan fingerprint density at radius 1 is 1.19 bits per heavy atom. The molecule has 4 heterocycles. The number of nitrogens with zero attached hydrogens (tertiary/aromatic N) is 4. The molecule has 3 aliphatic heterocycles. The van der Waals surface area contributed by atoms with Crippen LogP contribution in [0.25, 0.3) is 0 Å². The van der Waals surface area contributed by atoms with E-state index in [0.717, 1.165) is 43.2 Å². The van der Waals surface area contributed by atoms with E-state index >= 15 is 0 Å². The van der Waals surface area contributed by atoms with Gasteiger partial charge in [-0.25, -0.2) is 9.97 Å². The van der Waals surface area contributed by atoms with Crippen LogP contribution < -0.4 is 9.64 Å². The van der Waals surface area contributed by atoms with E-state index in [-0.39, 0.29) is 5.91 Å². The molecule has 1 aromatic heterocycles. The molecule has 2 aromatic rings. The van der Waals surface area contributed by atoms with E-state index in [1.54, 1.807) is 13.4 Å². The lowest BCUT2D eigenvalue weighted by Gasteiger charge is -2.56. The van der Waals surface area contributed by atoms with Gasteiger partial charge in [0, 0.05) is 31.3 Å². The summed E-state index contributed by atoms with van der Waals surface area (Å²) in [6, 6.07) is 10.6. The molecule has 2 bridgehead atoms. The van der Waals surface area contributed by atoms with Crippen molar-refractivity contribution in [1.82, 2.24) is 14.9 Å². The molecular formula is C20H24N4O2. The van der Waals surface area contributed by atoms with Crippen LogP contribution in [0.3, 0.4) is 0 Å². The maximum Gasteiger partial charge on any atom is 0.223 e. The van der Waals surface area contributed by atoms with E-state index in [0.29, 0.717) is 18.5 Å². The van der Waals surface area contributed by atoms with Crippen LogP contribution in [0, 0.1) is 6.92 Å². The second kappa shape index (κ2) is 6.94. The lowest BCUT2D eigenvalue weighted by Crippen LogP contribution is -2.70. The molecule has 1 aromatic carbocycles. The van der Waals surface area contributed by atoms with E-state index in [4.69, 9.17) is 4.74 Å². The van der Waals surface area contributed by atoms with Crippen molar-refractivity contribution in [2.45, 2.75) is 38.3 Å². The minimum atomic E-state index is 0.264. The van der Waals surface area contributed by atoms with Gasteiger partial charge in [-0.2, -0.15) is 0 Å². The number of aromatic nitrogens is 2. The number of benzene rings is 1. The van der Waals surface area contributed by atoms with Gasteiger partial charge < -0.3 is 14.5 Å². The number of carbonyl (C=O) groups is 1. The third-order valence-corrected chi connectivity index (χ3v) is 5.38. The second-order valence-corrected chi connectivity index (χ2v) is 7.12. The molecule has 0 saturated carbocycles. The summed E-state index contributed by atoms with van der Waals surface area (Å²) in [5.74, 6) is 2.08. The molecule has 6 heteroatoms. The molecule has 0 radical (unpaired) electrons. The first-order valence-corrected chi connectivity index (χ1v) is 9.11. The van der Waals surface area contributed by atoms with Crippen molar-refractivity contribution >= 4 is 11.7 Å². The van der Waals surface area contributed by atoms with Gasteiger partial charge in [0.1, 0.15) is 17.9 Å². The molecule has 136 valence electrons. The molecule has 0 aliphatic carbocycles. The highest BCUT2D eigenvalue weighted by Crippen LogP contribution is 2.34. The number of methoxy groups -OCH3 is 1. The number of aryl methyl sites for hydroxylation is 2. The predicted octanol–water partition coefficient (Wildman–Crippen LogP) is 2.22. The summed E-state index contributed by atoms with van der Waals surface area (Å²) in [5, 5.41) is 0. The first kappa shape index (κ1) is 16.8. The molecule has 5 rings (SSSR count). The molecular weight excluding hydrogens is 328 g/mol. The quantitative estimate of drug-likeness (QED) is 0.826. The Kier molecular flexibility index (Phi) is 4.49. The van der Waals surface area contributed by atoms with Crippen molar-refractivity contribution in [3.63, 3.8) is 0 Å². The van der Waals surface area contributed by atoms with Gasteiger partial charge in [0.15, 0.2) is 0 Å². The maximum atomic E-state index is 12.7. The molecule has 0 N–H and O–H groups in total. The molecule has 2 atom stereocenters. The number of anilines is 1. The first-order chi connectivity index (χ1) is 12.6. The summed E-state index contributed by atoms with van der Waals surface area (Å²) in [7, 11) is 1.66. The molecule has 26 heavy (non-hydrogen) atoms. The molecule has 3 aliphatic rings. The van der Waals surface area contributed by atoms with Gasteiger partial charge in [0.05, 0.1) is 19.2 Å². The normalized spacial score (nSPS) is 21.3. The van der Waals surface area contributed by atoms with E-state index in [1.165, 1.54) is 5.56 Å². The molecule has 0 spiro atoms. The summed E-state index contributed by atoms with van der Waals surface area (Å²) in [6.45, 7) is 3.70. The third-order valence-electron chi connectivity index (χ3n) is 5.38. The standard InChI is InChI=1S/C20H24N4O2/c1-14-9-19(22-13-21-14)23-11-16-10-17(12-23)24(16)20(25)8-5-15-3-6-18(26-2)7-4-15/h3-4,6-7,9,13,16-17H,5,8,10-12H2,1-2H3. The minimum Gasteiger partial charge on any atom is -0.497 e. The Morgan fingerprint density at radius 3 is 2.58 bits per heavy atom. The topological polar surface area (TPSA) is 58.6 Å². The summed E-state index contributed by atoms with van der Waals surface area (Å²) in [6.07, 6.45) is 4.05. The van der Waals surface area contributed by atoms with Crippen molar-refractivity contribution < 1.29 is 9.53 Å². The van der Waals surface area contributed by atoms with E-state index in [9.17, 15) is 4.79 Å². The predicted molar refractivity (Wildman–Crippen MR) is 99.3 cm³/mol. The average molecular weight is 352 g/mol. The summed E-state index contributed by atoms with van der Waals surface area (Å²) < 4.78 is 5.17. The van der Waals surface area contributed by atoms with Gasteiger partial charge in [0.25, 0.3) is 0 Å². The van der Waals surface area contributed by atoms with Crippen molar-refractivity contribution in [2.75, 3.05) is 25.1 Å². The lowest BCUT2D eigenvalue weighted by atomic mass is 9.86. The van der Waals surface area contributed by atoms with Crippen LogP contribution in [0.15, 0.2) is 36.7 Å². The molecule has 1 amide bonds. The maximum absolute atomic E-state index is 12.7. The fraction of sp³-hybridized carbons (Fsp3) is 0.450. The summed E-state index contributed by atoms with van der Waals surface area (Å²) >= 11 is 0. The van der Waals surface area contributed by atoms with Crippen LogP contribution in [0.2, 0.25) is 0 Å². The fourth-order valence-electron chi connectivity index (χ4n) is 3.99. The highest BCUT2D eigenvalue weighted by Gasteiger charge is 2.47. The monoisotopic (exact) mass is 352 g/mol. The number of piperidine rings is 1. The number of rotatable bonds is 5. The number of carbonyl (C=O) groups excluding carboxylic acids is 1. The van der Waals surface area contributed by atoms with E-state index in [2.05, 4.69) is 19.8 Å². The Bertz CT molecular complexity index is 781. The number of fused-ring (bicyclic) bond motifs is 2. The van der Waals surface area contributed by atoms with Crippen LogP contribution in [-0.4, -0.2) is 53.1 Å². The molecule has 3 fully saturated rings. The molecule has 2 unspecified atom stereocenters.